The Morgan fingerprint density at radius 1 is 0.884 bits per heavy atom. The lowest BCUT2D eigenvalue weighted by molar-refractivity contribution is -0.136. The van der Waals surface area contributed by atoms with E-state index >= 15 is 0 Å². The van der Waals surface area contributed by atoms with Gasteiger partial charge in [-0.05, 0) is 78.5 Å². The van der Waals surface area contributed by atoms with Crippen LogP contribution in [0, 0.1) is 5.41 Å². The molecular weight excluding hydrogens is 564 g/mol. The summed E-state index contributed by atoms with van der Waals surface area (Å²) >= 11 is 6.20. The summed E-state index contributed by atoms with van der Waals surface area (Å²) in [7, 11) is 0. The number of nitrogens with one attached hydrogen (secondary N) is 1. The molecule has 2 aromatic rings. The van der Waals surface area contributed by atoms with Gasteiger partial charge >= 0.3 is 0 Å². The van der Waals surface area contributed by atoms with E-state index in [2.05, 4.69) is 41.1 Å². The van der Waals surface area contributed by atoms with Gasteiger partial charge in [0.15, 0.2) is 0 Å². The van der Waals surface area contributed by atoms with Crippen molar-refractivity contribution in [3.8, 4) is 0 Å². The highest BCUT2D eigenvalue weighted by molar-refractivity contribution is 6.30. The molecule has 7 rings (SSSR count). The lowest BCUT2D eigenvalue weighted by Gasteiger charge is -2.38. The van der Waals surface area contributed by atoms with E-state index < -0.39 is 23.8 Å². The van der Waals surface area contributed by atoms with Gasteiger partial charge in [0, 0.05) is 49.7 Å². The maximum Gasteiger partial charge on any atom is 0.262 e. The molecule has 0 saturated carbocycles. The number of allylic oxidation sites excluding steroid dienone is 1. The Morgan fingerprint density at radius 2 is 1.58 bits per heavy atom. The molecule has 43 heavy (non-hydrogen) atoms. The molecule has 8 nitrogen and oxygen atoms in total. The lowest BCUT2D eigenvalue weighted by Crippen LogP contribution is -2.54. The largest absolute Gasteiger partial charge is 0.295 e. The minimum Gasteiger partial charge on any atom is -0.295 e. The van der Waals surface area contributed by atoms with Crippen molar-refractivity contribution in [2.45, 2.75) is 77.0 Å². The highest BCUT2D eigenvalue weighted by atomic mass is 35.5. The van der Waals surface area contributed by atoms with E-state index in [4.69, 9.17) is 11.6 Å². The first-order chi connectivity index (χ1) is 20.6. The van der Waals surface area contributed by atoms with Crippen LogP contribution in [-0.4, -0.2) is 76.1 Å². The summed E-state index contributed by atoms with van der Waals surface area (Å²) in [6.45, 7) is 8.46. The van der Waals surface area contributed by atoms with Crippen LogP contribution in [0.1, 0.15) is 84.2 Å². The molecule has 3 saturated heterocycles. The van der Waals surface area contributed by atoms with Crippen LogP contribution in [0.5, 0.6) is 0 Å². The zero-order chi connectivity index (χ0) is 30.0. The summed E-state index contributed by atoms with van der Waals surface area (Å²) in [5, 5.41) is 3.02. The number of benzene rings is 2. The number of carbonyl (C=O) groups is 4. The lowest BCUT2D eigenvalue weighted by atomic mass is 9.72. The Morgan fingerprint density at radius 3 is 2.28 bits per heavy atom. The number of carbonyl (C=O) groups excluding carboxylic acids is 4. The van der Waals surface area contributed by atoms with Crippen LogP contribution in [-0.2, 0) is 16.1 Å². The summed E-state index contributed by atoms with van der Waals surface area (Å²) in [4.78, 5) is 56.5. The van der Waals surface area contributed by atoms with Gasteiger partial charge in [-0.3, -0.25) is 39.2 Å². The molecule has 224 valence electrons. The fourth-order valence-electron chi connectivity index (χ4n) is 7.78. The zero-order valence-electron chi connectivity index (χ0n) is 24.7. The number of piperazine rings is 1. The third-order valence-electron chi connectivity index (χ3n) is 10.1. The first kappa shape index (κ1) is 28.4. The number of fused-ring (bicyclic) bond motifs is 3. The van der Waals surface area contributed by atoms with Crippen molar-refractivity contribution in [1.82, 2.24) is 20.0 Å². The van der Waals surface area contributed by atoms with Crippen LogP contribution in [0.25, 0.3) is 5.57 Å². The molecule has 0 aromatic heterocycles. The first-order valence-corrected chi connectivity index (χ1v) is 15.7. The summed E-state index contributed by atoms with van der Waals surface area (Å²) in [6, 6.07) is 13.8. The Bertz CT molecular complexity index is 1560. The van der Waals surface area contributed by atoms with E-state index in [1.165, 1.54) is 17.6 Å². The Balaban J connectivity index is 1.03. The number of hydrogen-bond acceptors (Lipinski definition) is 6. The normalized spacial score (nSPS) is 27.3. The summed E-state index contributed by atoms with van der Waals surface area (Å²) < 4.78 is 0. The van der Waals surface area contributed by atoms with Crippen LogP contribution in [0.4, 0.5) is 0 Å². The minimum absolute atomic E-state index is 0.112. The number of imide groups is 2. The second-order valence-corrected chi connectivity index (χ2v) is 14.1. The van der Waals surface area contributed by atoms with Crippen LogP contribution >= 0.6 is 11.6 Å². The Kier molecular flexibility index (Phi) is 7.07. The fourth-order valence-corrected chi connectivity index (χ4v) is 7.91. The van der Waals surface area contributed by atoms with Crippen molar-refractivity contribution >= 4 is 40.8 Å². The Hall–Kier alpha value is -3.33. The number of hydrogen-bond donors (Lipinski definition) is 1. The zero-order valence-corrected chi connectivity index (χ0v) is 25.5. The van der Waals surface area contributed by atoms with Crippen LogP contribution in [0.2, 0.25) is 5.02 Å². The second kappa shape index (κ2) is 10.7. The van der Waals surface area contributed by atoms with Crippen molar-refractivity contribution in [3.05, 3.63) is 75.3 Å². The molecule has 1 N–H and O–H groups in total. The molecule has 9 heteroatoms. The van der Waals surface area contributed by atoms with Gasteiger partial charge in [-0.1, -0.05) is 49.2 Å². The second-order valence-electron chi connectivity index (χ2n) is 13.7. The number of rotatable bonds is 6. The average molecular weight is 601 g/mol. The standard InChI is InChI=1S/C34H37ClN4O4/c1-34(2)12-11-22(28(15-34)21-4-6-23(35)7-5-21)17-38-19-24-14-25(38)18-37(24)16-20-3-8-26-27(13-20)33(43)39(32(26)42)29-9-10-30(40)36-31(29)41/h3-8,13,24-25,29H,9-12,14-19H2,1-2H3,(H,36,40,41). The Labute approximate surface area is 257 Å². The molecule has 0 radical (unpaired) electrons. The van der Waals surface area contributed by atoms with Crippen LogP contribution in [0.3, 0.4) is 0 Å². The molecule has 4 heterocycles. The van der Waals surface area contributed by atoms with E-state index in [1.54, 1.807) is 11.6 Å². The SMILES string of the molecule is CC1(C)CCC(CN2CC3CC2CN3Cc2ccc3c(c2)C(=O)N(C2CCC(=O)NC2=O)C3=O)=C(c2ccc(Cl)cc2)C1. The quantitative estimate of drug-likeness (QED) is 0.485. The third kappa shape index (κ3) is 5.23. The van der Waals surface area contributed by atoms with E-state index in [-0.39, 0.29) is 18.7 Å². The molecule has 0 spiro atoms. The molecule has 2 bridgehead atoms. The number of nitrogens with zero attached hydrogens (tertiary/aromatic N) is 3. The maximum atomic E-state index is 13.3. The van der Waals surface area contributed by atoms with Crippen LogP contribution in [0.15, 0.2) is 48.0 Å². The minimum atomic E-state index is -0.945. The third-order valence-corrected chi connectivity index (χ3v) is 10.4. The monoisotopic (exact) mass is 600 g/mol. The van der Waals surface area contributed by atoms with E-state index in [9.17, 15) is 19.2 Å². The van der Waals surface area contributed by atoms with Crippen molar-refractivity contribution in [1.29, 1.82) is 0 Å². The van der Waals surface area contributed by atoms with Crippen molar-refractivity contribution in [2.24, 2.45) is 5.41 Å². The van der Waals surface area contributed by atoms with Gasteiger partial charge in [0.25, 0.3) is 11.8 Å². The summed E-state index contributed by atoms with van der Waals surface area (Å²) in [5.41, 5.74) is 6.29. The highest BCUT2D eigenvalue weighted by Crippen LogP contribution is 2.44. The van der Waals surface area contributed by atoms with Gasteiger partial charge < -0.3 is 0 Å². The smallest absolute Gasteiger partial charge is 0.262 e. The van der Waals surface area contributed by atoms with Gasteiger partial charge in [-0.25, -0.2) is 0 Å². The van der Waals surface area contributed by atoms with Crippen molar-refractivity contribution in [3.63, 3.8) is 0 Å². The molecule has 1 aliphatic carbocycles. The number of piperidine rings is 1. The van der Waals surface area contributed by atoms with Gasteiger partial charge in [0.05, 0.1) is 11.1 Å². The van der Waals surface area contributed by atoms with Crippen molar-refractivity contribution < 1.29 is 19.2 Å². The maximum absolute atomic E-state index is 13.3. The van der Waals surface area contributed by atoms with Gasteiger partial charge in [0.2, 0.25) is 11.8 Å². The summed E-state index contributed by atoms with van der Waals surface area (Å²) in [5.74, 6) is -1.88. The van der Waals surface area contributed by atoms with Gasteiger partial charge in [-0.2, -0.15) is 0 Å². The molecule has 3 unspecified atom stereocenters. The highest BCUT2D eigenvalue weighted by Gasteiger charge is 2.46. The number of amides is 4. The van der Waals surface area contributed by atoms with E-state index in [1.807, 2.05) is 24.3 Å². The molecule has 2 aromatic carbocycles. The number of halogens is 1. The van der Waals surface area contributed by atoms with Crippen LogP contribution < -0.4 is 5.32 Å². The molecule has 4 amide bonds. The predicted octanol–water partition coefficient (Wildman–Crippen LogP) is 4.66. The van der Waals surface area contributed by atoms with Gasteiger partial charge in [-0.15, -0.1) is 0 Å². The average Bonchev–Trinajstić information content (AvgIpc) is 3.62. The molecule has 3 fully saturated rings. The fraction of sp³-hybridized carbons (Fsp3) is 0.471. The van der Waals surface area contributed by atoms with Gasteiger partial charge in [0.1, 0.15) is 6.04 Å². The first-order valence-electron chi connectivity index (χ1n) is 15.4. The number of likely N-dealkylation sites (tertiary alicyclic amines) is 2. The molecule has 4 aliphatic heterocycles. The van der Waals surface area contributed by atoms with E-state index in [0.29, 0.717) is 28.6 Å². The molecular formula is C34H37ClN4O4. The topological polar surface area (TPSA) is 90.0 Å². The predicted molar refractivity (Wildman–Crippen MR) is 163 cm³/mol. The molecule has 5 aliphatic rings. The van der Waals surface area contributed by atoms with E-state index in [0.717, 1.165) is 60.9 Å². The van der Waals surface area contributed by atoms with Crippen molar-refractivity contribution in [2.75, 3.05) is 19.6 Å². The summed E-state index contributed by atoms with van der Waals surface area (Å²) in [6.07, 6.45) is 4.82. The molecule has 3 atom stereocenters.